The van der Waals surface area contributed by atoms with Gasteiger partial charge in [0.15, 0.2) is 0 Å². The van der Waals surface area contributed by atoms with Crippen molar-refractivity contribution in [2.75, 3.05) is 12.8 Å². The number of nitrogens with zero attached hydrogens (tertiary/aromatic N) is 1. The number of nitriles is 1. The third-order valence-corrected chi connectivity index (χ3v) is 2.51. The lowest BCUT2D eigenvalue weighted by molar-refractivity contribution is 0.412. The smallest absolute Gasteiger partial charge is 0.147 e. The monoisotopic (exact) mass is 258 g/mol. The molecule has 2 aromatic rings. The lowest BCUT2D eigenvalue weighted by Crippen LogP contribution is -1.95. The van der Waals surface area contributed by atoms with E-state index in [1.165, 1.54) is 6.07 Å². The van der Waals surface area contributed by atoms with E-state index in [1.54, 1.807) is 31.4 Å². The number of rotatable bonds is 3. The van der Waals surface area contributed by atoms with Crippen molar-refractivity contribution in [2.45, 2.75) is 0 Å². The molecule has 4 nitrogen and oxygen atoms in total. The average Bonchev–Trinajstić information content (AvgIpc) is 2.43. The molecule has 0 radical (unpaired) electrons. The molecule has 96 valence electrons. The number of anilines is 1. The van der Waals surface area contributed by atoms with E-state index in [9.17, 15) is 4.39 Å². The normalized spacial score (nSPS) is 9.74. The van der Waals surface area contributed by atoms with Crippen molar-refractivity contribution in [3.05, 3.63) is 47.8 Å². The molecule has 0 bridgehead atoms. The molecule has 0 saturated heterocycles. The first-order chi connectivity index (χ1) is 9.13. The maximum Gasteiger partial charge on any atom is 0.147 e. The molecule has 0 aromatic heterocycles. The Hall–Kier alpha value is -2.74. The highest BCUT2D eigenvalue weighted by molar-refractivity contribution is 5.55. The molecule has 2 rings (SSSR count). The van der Waals surface area contributed by atoms with Crippen LogP contribution in [-0.4, -0.2) is 7.11 Å². The Balaban J connectivity index is 2.32. The Labute approximate surface area is 109 Å². The molecular formula is C14H11FN2O2. The molecule has 0 aliphatic rings. The van der Waals surface area contributed by atoms with Gasteiger partial charge >= 0.3 is 0 Å². The number of hydrogen-bond donors (Lipinski definition) is 1. The van der Waals surface area contributed by atoms with Gasteiger partial charge in [-0.3, -0.25) is 0 Å². The highest BCUT2D eigenvalue weighted by Gasteiger charge is 2.10. The van der Waals surface area contributed by atoms with Crippen LogP contribution in [0.1, 0.15) is 5.56 Å². The first-order valence-corrected chi connectivity index (χ1v) is 5.45. The molecule has 0 aliphatic carbocycles. The SMILES string of the molecule is COc1ccc(Oc2cc(N)c(F)cc2C#N)cc1. The summed E-state index contributed by atoms with van der Waals surface area (Å²) in [4.78, 5) is 0. The summed E-state index contributed by atoms with van der Waals surface area (Å²) < 4.78 is 23.8. The average molecular weight is 258 g/mol. The predicted molar refractivity (Wildman–Crippen MR) is 68.6 cm³/mol. The molecule has 5 heteroatoms. The molecular weight excluding hydrogens is 247 g/mol. The minimum Gasteiger partial charge on any atom is -0.497 e. The van der Waals surface area contributed by atoms with E-state index < -0.39 is 5.82 Å². The lowest BCUT2D eigenvalue weighted by Gasteiger charge is -2.09. The molecule has 0 heterocycles. The molecule has 0 atom stereocenters. The summed E-state index contributed by atoms with van der Waals surface area (Å²) in [5, 5.41) is 8.94. The number of benzene rings is 2. The van der Waals surface area contributed by atoms with Crippen LogP contribution in [0.25, 0.3) is 0 Å². The third kappa shape index (κ3) is 2.75. The highest BCUT2D eigenvalue weighted by atomic mass is 19.1. The second-order valence-corrected chi connectivity index (χ2v) is 3.76. The van der Waals surface area contributed by atoms with Crippen LogP contribution in [0.4, 0.5) is 10.1 Å². The number of ether oxygens (including phenoxy) is 2. The summed E-state index contributed by atoms with van der Waals surface area (Å²) in [5.41, 5.74) is 5.48. The maximum absolute atomic E-state index is 13.2. The van der Waals surface area contributed by atoms with Gasteiger partial charge in [-0.1, -0.05) is 0 Å². The Morgan fingerprint density at radius 2 is 1.79 bits per heavy atom. The maximum atomic E-state index is 13.2. The van der Waals surface area contributed by atoms with E-state index in [2.05, 4.69) is 0 Å². The minimum absolute atomic E-state index is 0.0671. The van der Waals surface area contributed by atoms with Crippen molar-refractivity contribution < 1.29 is 13.9 Å². The van der Waals surface area contributed by atoms with Crippen LogP contribution >= 0.6 is 0 Å². The summed E-state index contributed by atoms with van der Waals surface area (Å²) >= 11 is 0. The van der Waals surface area contributed by atoms with E-state index in [4.69, 9.17) is 20.5 Å². The van der Waals surface area contributed by atoms with Crippen LogP contribution in [0, 0.1) is 17.1 Å². The molecule has 0 amide bonds. The van der Waals surface area contributed by atoms with Crippen LogP contribution in [0.3, 0.4) is 0 Å². The number of nitrogens with two attached hydrogens (primary N) is 1. The molecule has 0 aliphatic heterocycles. The Morgan fingerprint density at radius 1 is 1.16 bits per heavy atom. The summed E-state index contributed by atoms with van der Waals surface area (Å²) in [5.74, 6) is 0.764. The van der Waals surface area contributed by atoms with E-state index in [1.807, 2.05) is 6.07 Å². The molecule has 2 N–H and O–H groups in total. The fourth-order valence-electron chi connectivity index (χ4n) is 1.51. The minimum atomic E-state index is -0.640. The predicted octanol–water partition coefficient (Wildman–Crippen LogP) is 3.08. The molecule has 0 spiro atoms. The van der Waals surface area contributed by atoms with Crippen LogP contribution in [-0.2, 0) is 0 Å². The van der Waals surface area contributed by atoms with E-state index in [0.717, 1.165) is 6.07 Å². The number of methoxy groups -OCH3 is 1. The van der Waals surface area contributed by atoms with Gasteiger partial charge in [-0.15, -0.1) is 0 Å². The summed E-state index contributed by atoms with van der Waals surface area (Å²) in [6.45, 7) is 0. The van der Waals surface area contributed by atoms with Gasteiger partial charge in [0.1, 0.15) is 29.1 Å². The lowest BCUT2D eigenvalue weighted by atomic mass is 10.2. The first-order valence-electron chi connectivity index (χ1n) is 5.45. The summed E-state index contributed by atoms with van der Waals surface area (Å²) in [7, 11) is 1.56. The number of hydrogen-bond acceptors (Lipinski definition) is 4. The fourth-order valence-corrected chi connectivity index (χ4v) is 1.51. The standard InChI is InChI=1S/C14H11FN2O2/c1-18-10-2-4-11(5-3-10)19-14-7-13(17)12(15)6-9(14)8-16/h2-7H,17H2,1H3. The van der Waals surface area contributed by atoms with Crippen molar-refractivity contribution in [1.82, 2.24) is 0 Å². The van der Waals surface area contributed by atoms with E-state index >= 15 is 0 Å². The van der Waals surface area contributed by atoms with Gasteiger partial charge in [-0.25, -0.2) is 4.39 Å². The zero-order chi connectivity index (χ0) is 13.8. The molecule has 2 aromatic carbocycles. The Bertz CT molecular complexity index is 633. The summed E-state index contributed by atoms with van der Waals surface area (Å²) in [6, 6.07) is 11.0. The van der Waals surface area contributed by atoms with Crippen molar-refractivity contribution in [3.63, 3.8) is 0 Å². The van der Waals surface area contributed by atoms with Crippen LogP contribution < -0.4 is 15.2 Å². The zero-order valence-corrected chi connectivity index (χ0v) is 10.2. The Kier molecular flexibility index (Phi) is 3.53. The molecule has 0 fully saturated rings. The second-order valence-electron chi connectivity index (χ2n) is 3.76. The highest BCUT2D eigenvalue weighted by Crippen LogP contribution is 2.29. The second kappa shape index (κ2) is 5.27. The van der Waals surface area contributed by atoms with Crippen molar-refractivity contribution in [1.29, 1.82) is 5.26 Å². The molecule has 0 unspecified atom stereocenters. The zero-order valence-electron chi connectivity index (χ0n) is 10.2. The molecule has 0 saturated carbocycles. The van der Waals surface area contributed by atoms with Gasteiger partial charge in [0.25, 0.3) is 0 Å². The number of halogens is 1. The summed E-state index contributed by atoms with van der Waals surface area (Å²) in [6.07, 6.45) is 0. The van der Waals surface area contributed by atoms with Gasteiger partial charge < -0.3 is 15.2 Å². The Morgan fingerprint density at radius 3 is 2.37 bits per heavy atom. The van der Waals surface area contributed by atoms with Crippen LogP contribution in [0.5, 0.6) is 17.2 Å². The van der Waals surface area contributed by atoms with Crippen molar-refractivity contribution >= 4 is 5.69 Å². The van der Waals surface area contributed by atoms with Gasteiger partial charge in [0, 0.05) is 6.07 Å². The van der Waals surface area contributed by atoms with Crippen LogP contribution in [0.15, 0.2) is 36.4 Å². The van der Waals surface area contributed by atoms with Crippen molar-refractivity contribution in [2.24, 2.45) is 0 Å². The van der Waals surface area contributed by atoms with Gasteiger partial charge in [0.2, 0.25) is 0 Å². The van der Waals surface area contributed by atoms with Gasteiger partial charge in [-0.05, 0) is 30.3 Å². The fraction of sp³-hybridized carbons (Fsp3) is 0.0714. The van der Waals surface area contributed by atoms with Crippen LogP contribution in [0.2, 0.25) is 0 Å². The largest absolute Gasteiger partial charge is 0.497 e. The third-order valence-electron chi connectivity index (χ3n) is 2.51. The van der Waals surface area contributed by atoms with Crippen molar-refractivity contribution in [3.8, 4) is 23.3 Å². The van der Waals surface area contributed by atoms with E-state index in [-0.39, 0.29) is 17.0 Å². The van der Waals surface area contributed by atoms with Gasteiger partial charge in [0.05, 0.1) is 18.4 Å². The topological polar surface area (TPSA) is 68.3 Å². The number of nitrogen functional groups attached to an aromatic ring is 1. The first kappa shape index (κ1) is 12.7. The molecule has 19 heavy (non-hydrogen) atoms. The van der Waals surface area contributed by atoms with Gasteiger partial charge in [-0.2, -0.15) is 5.26 Å². The quantitative estimate of drug-likeness (QED) is 0.859. The van der Waals surface area contributed by atoms with E-state index in [0.29, 0.717) is 11.5 Å².